The third kappa shape index (κ3) is 4.94. The molecule has 0 saturated heterocycles. The zero-order valence-electron chi connectivity index (χ0n) is 12.8. The molecular weight excluding hydrogens is 258 g/mol. The highest BCUT2D eigenvalue weighted by atomic mass is 16.5. The van der Waals surface area contributed by atoms with E-state index in [0.29, 0.717) is 31.3 Å². The molecular formula is C14H25N3O3. The van der Waals surface area contributed by atoms with E-state index in [0.717, 1.165) is 17.6 Å². The Bertz CT molecular complexity index is 531. The molecule has 1 N–H and O–H groups in total. The van der Waals surface area contributed by atoms with E-state index in [9.17, 15) is 9.59 Å². The third-order valence-electron chi connectivity index (χ3n) is 3.19. The molecule has 0 aliphatic carbocycles. The van der Waals surface area contributed by atoms with Gasteiger partial charge in [0.25, 0.3) is 5.56 Å². The van der Waals surface area contributed by atoms with Crippen molar-refractivity contribution in [2.75, 3.05) is 19.8 Å². The Morgan fingerprint density at radius 2 is 1.90 bits per heavy atom. The number of hydrogen-bond donors (Lipinski definition) is 1. The predicted octanol–water partition coefficient (Wildman–Crippen LogP) is 0.236. The lowest BCUT2D eigenvalue weighted by Gasteiger charge is -2.11. The normalized spacial score (nSPS) is 11.2. The van der Waals surface area contributed by atoms with Crippen LogP contribution < -0.4 is 16.6 Å². The summed E-state index contributed by atoms with van der Waals surface area (Å²) in [5, 5.41) is 3.17. The van der Waals surface area contributed by atoms with Crippen molar-refractivity contribution < 1.29 is 4.74 Å². The average Bonchev–Trinajstić information content (AvgIpc) is 2.40. The van der Waals surface area contributed by atoms with Crippen LogP contribution in [0, 0.1) is 5.92 Å². The first-order chi connectivity index (χ1) is 9.43. The molecule has 1 aromatic heterocycles. The number of hydrogen-bond acceptors (Lipinski definition) is 4. The van der Waals surface area contributed by atoms with E-state index in [4.69, 9.17) is 4.74 Å². The second-order valence-corrected chi connectivity index (χ2v) is 5.35. The van der Waals surface area contributed by atoms with Crippen molar-refractivity contribution >= 4 is 0 Å². The highest BCUT2D eigenvalue weighted by molar-refractivity contribution is 5.01. The molecule has 0 amide bonds. The molecule has 0 atom stereocenters. The van der Waals surface area contributed by atoms with Gasteiger partial charge in [0.05, 0.1) is 6.61 Å². The second-order valence-electron chi connectivity index (χ2n) is 5.35. The Balaban J connectivity index is 2.36. The lowest BCUT2D eigenvalue weighted by molar-refractivity contribution is 0.125. The van der Waals surface area contributed by atoms with E-state index in [-0.39, 0.29) is 11.2 Å². The van der Waals surface area contributed by atoms with Crippen molar-refractivity contribution in [2.24, 2.45) is 20.0 Å². The number of ether oxygens (including phenoxy) is 1. The molecule has 0 aliphatic rings. The van der Waals surface area contributed by atoms with Crippen LogP contribution in [-0.4, -0.2) is 28.9 Å². The fraction of sp³-hybridized carbons (Fsp3) is 0.714. The molecule has 0 fully saturated rings. The van der Waals surface area contributed by atoms with Gasteiger partial charge in [-0.05, 0) is 12.3 Å². The van der Waals surface area contributed by atoms with Crippen molar-refractivity contribution in [3.8, 4) is 0 Å². The zero-order chi connectivity index (χ0) is 15.1. The van der Waals surface area contributed by atoms with Gasteiger partial charge in [0.15, 0.2) is 0 Å². The van der Waals surface area contributed by atoms with Crippen molar-refractivity contribution in [1.29, 1.82) is 0 Å². The molecule has 0 aromatic carbocycles. The summed E-state index contributed by atoms with van der Waals surface area (Å²) >= 11 is 0. The van der Waals surface area contributed by atoms with Crippen LogP contribution in [0.3, 0.4) is 0 Å². The van der Waals surface area contributed by atoms with E-state index in [1.807, 2.05) is 0 Å². The maximum Gasteiger partial charge on any atom is 0.330 e. The van der Waals surface area contributed by atoms with Gasteiger partial charge in [-0.3, -0.25) is 13.9 Å². The van der Waals surface area contributed by atoms with Gasteiger partial charge in [-0.15, -0.1) is 0 Å². The molecule has 0 bridgehead atoms. The Morgan fingerprint density at radius 1 is 1.20 bits per heavy atom. The van der Waals surface area contributed by atoms with Gasteiger partial charge >= 0.3 is 5.69 Å². The van der Waals surface area contributed by atoms with E-state index >= 15 is 0 Å². The van der Waals surface area contributed by atoms with Gasteiger partial charge in [0.1, 0.15) is 0 Å². The van der Waals surface area contributed by atoms with Gasteiger partial charge in [-0.2, -0.15) is 0 Å². The molecule has 1 heterocycles. The molecule has 1 rings (SSSR count). The quantitative estimate of drug-likeness (QED) is 0.694. The third-order valence-corrected chi connectivity index (χ3v) is 3.19. The first-order valence-corrected chi connectivity index (χ1v) is 6.98. The molecule has 0 aliphatic heterocycles. The molecule has 0 spiro atoms. The van der Waals surface area contributed by atoms with Crippen LogP contribution >= 0.6 is 0 Å². The molecule has 1 aromatic rings. The summed E-state index contributed by atoms with van der Waals surface area (Å²) in [5.41, 5.74) is 0.0980. The van der Waals surface area contributed by atoms with Crippen molar-refractivity contribution in [2.45, 2.75) is 26.8 Å². The highest BCUT2D eigenvalue weighted by Gasteiger charge is 2.05. The summed E-state index contributed by atoms with van der Waals surface area (Å²) in [7, 11) is 3.14. The van der Waals surface area contributed by atoms with Crippen LogP contribution in [0.2, 0.25) is 0 Å². The minimum absolute atomic E-state index is 0.280. The standard InChI is InChI=1S/C14H25N3O3/c1-11(2)5-7-20-8-6-15-10-12-9-13(18)17(4)14(19)16(12)3/h9,11,15H,5-8,10H2,1-4H3. The van der Waals surface area contributed by atoms with Crippen molar-refractivity contribution in [3.63, 3.8) is 0 Å². The number of aromatic nitrogens is 2. The maximum absolute atomic E-state index is 11.7. The summed E-state index contributed by atoms with van der Waals surface area (Å²) < 4.78 is 8.06. The fourth-order valence-corrected chi connectivity index (χ4v) is 1.73. The number of rotatable bonds is 8. The first-order valence-electron chi connectivity index (χ1n) is 6.98. The Hall–Kier alpha value is -1.40. The molecule has 20 heavy (non-hydrogen) atoms. The van der Waals surface area contributed by atoms with Crippen LogP contribution in [0.5, 0.6) is 0 Å². The molecule has 6 heteroatoms. The molecule has 0 radical (unpaired) electrons. The molecule has 0 unspecified atom stereocenters. The smallest absolute Gasteiger partial charge is 0.330 e. The van der Waals surface area contributed by atoms with Crippen LogP contribution in [0.25, 0.3) is 0 Å². The zero-order valence-corrected chi connectivity index (χ0v) is 12.8. The van der Waals surface area contributed by atoms with E-state index in [1.54, 1.807) is 7.05 Å². The lowest BCUT2D eigenvalue weighted by atomic mass is 10.1. The van der Waals surface area contributed by atoms with Gasteiger partial charge in [-0.25, -0.2) is 4.79 Å². The van der Waals surface area contributed by atoms with Crippen LogP contribution in [0.4, 0.5) is 0 Å². The first kappa shape index (κ1) is 16.7. The van der Waals surface area contributed by atoms with E-state index in [2.05, 4.69) is 19.2 Å². The fourth-order valence-electron chi connectivity index (χ4n) is 1.73. The Labute approximate surface area is 119 Å². The molecule has 6 nitrogen and oxygen atoms in total. The predicted molar refractivity (Wildman–Crippen MR) is 78.9 cm³/mol. The monoisotopic (exact) mass is 283 g/mol. The van der Waals surface area contributed by atoms with Crippen molar-refractivity contribution in [3.05, 3.63) is 32.6 Å². The minimum atomic E-state index is -0.303. The van der Waals surface area contributed by atoms with Gasteiger partial charge in [0, 0.05) is 45.6 Å². The van der Waals surface area contributed by atoms with Crippen LogP contribution in [0.1, 0.15) is 26.0 Å². The van der Waals surface area contributed by atoms with Crippen LogP contribution in [-0.2, 0) is 25.4 Å². The molecule has 114 valence electrons. The average molecular weight is 283 g/mol. The summed E-state index contributed by atoms with van der Waals surface area (Å²) in [4.78, 5) is 23.3. The van der Waals surface area contributed by atoms with Crippen molar-refractivity contribution in [1.82, 2.24) is 14.5 Å². The number of nitrogens with one attached hydrogen (secondary N) is 1. The summed E-state index contributed by atoms with van der Waals surface area (Å²) in [6, 6.07) is 1.48. The molecule has 0 saturated carbocycles. The van der Waals surface area contributed by atoms with Gasteiger partial charge < -0.3 is 10.1 Å². The summed E-state index contributed by atoms with van der Waals surface area (Å²) in [5.74, 6) is 0.651. The van der Waals surface area contributed by atoms with E-state index in [1.165, 1.54) is 17.7 Å². The summed E-state index contributed by atoms with van der Waals surface area (Å²) in [6.07, 6.45) is 1.06. The van der Waals surface area contributed by atoms with E-state index < -0.39 is 0 Å². The second kappa shape index (κ2) is 8.01. The summed E-state index contributed by atoms with van der Waals surface area (Å²) in [6.45, 7) is 6.90. The largest absolute Gasteiger partial charge is 0.380 e. The maximum atomic E-state index is 11.7. The minimum Gasteiger partial charge on any atom is -0.380 e. The topological polar surface area (TPSA) is 65.3 Å². The van der Waals surface area contributed by atoms with Crippen LogP contribution in [0.15, 0.2) is 15.7 Å². The highest BCUT2D eigenvalue weighted by Crippen LogP contribution is 1.98. The lowest BCUT2D eigenvalue weighted by Crippen LogP contribution is -2.39. The SMILES string of the molecule is CC(C)CCOCCNCc1cc(=O)n(C)c(=O)n1C. The van der Waals surface area contributed by atoms with Gasteiger partial charge in [-0.1, -0.05) is 13.8 Å². The number of nitrogens with zero attached hydrogens (tertiary/aromatic N) is 2. The van der Waals surface area contributed by atoms with Gasteiger partial charge in [0.2, 0.25) is 0 Å². The Morgan fingerprint density at radius 3 is 2.55 bits per heavy atom. The Kier molecular flexibility index (Phi) is 6.67.